The molecule has 1 aromatic heterocycles. The lowest BCUT2D eigenvalue weighted by Gasteiger charge is -2.28. The number of aliphatic hydroxyl groups excluding tert-OH is 1. The van der Waals surface area contributed by atoms with Crippen LogP contribution in [0.3, 0.4) is 0 Å². The lowest BCUT2D eigenvalue weighted by atomic mass is 9.99. The van der Waals surface area contributed by atoms with E-state index in [0.717, 1.165) is 17.7 Å². The molecule has 1 heterocycles. The number of rotatable bonds is 10. The maximum Gasteiger partial charge on any atom is 0.221 e. The molecule has 0 aliphatic carbocycles. The SMILES string of the molecule is COc1ccc(-c2ncn(CCC(C)(C)NC[C@H](O)c3ccc(O)c(NC(C)=O)c3)n2)cc1. The molecular weight excluding hydrogens is 422 g/mol. The molecule has 0 unspecified atom stereocenters. The fourth-order valence-corrected chi connectivity index (χ4v) is 3.30. The monoisotopic (exact) mass is 453 g/mol. The van der Waals surface area contributed by atoms with Gasteiger partial charge in [-0.25, -0.2) is 4.98 Å². The highest BCUT2D eigenvalue weighted by Gasteiger charge is 2.20. The van der Waals surface area contributed by atoms with Gasteiger partial charge in [0.2, 0.25) is 5.91 Å². The number of benzene rings is 2. The zero-order valence-corrected chi connectivity index (χ0v) is 19.4. The third-order valence-corrected chi connectivity index (χ3v) is 5.34. The van der Waals surface area contributed by atoms with Crippen LogP contribution in [0.1, 0.15) is 38.9 Å². The second-order valence-corrected chi connectivity index (χ2v) is 8.55. The number of nitrogens with one attached hydrogen (secondary N) is 2. The average molecular weight is 454 g/mol. The first kappa shape index (κ1) is 24.2. The summed E-state index contributed by atoms with van der Waals surface area (Å²) in [6, 6.07) is 12.3. The van der Waals surface area contributed by atoms with Gasteiger partial charge in [0.25, 0.3) is 0 Å². The van der Waals surface area contributed by atoms with E-state index in [9.17, 15) is 15.0 Å². The third kappa shape index (κ3) is 6.77. The van der Waals surface area contributed by atoms with Crippen molar-refractivity contribution in [2.45, 2.75) is 45.4 Å². The van der Waals surface area contributed by atoms with Gasteiger partial charge in [0.15, 0.2) is 5.82 Å². The Balaban J connectivity index is 1.54. The molecule has 0 saturated heterocycles. The second kappa shape index (κ2) is 10.5. The first-order chi connectivity index (χ1) is 15.7. The molecule has 3 rings (SSSR count). The Morgan fingerprint density at radius 2 is 1.94 bits per heavy atom. The lowest BCUT2D eigenvalue weighted by molar-refractivity contribution is -0.114. The van der Waals surface area contributed by atoms with Crippen molar-refractivity contribution in [3.8, 4) is 22.9 Å². The second-order valence-electron chi connectivity index (χ2n) is 8.55. The third-order valence-electron chi connectivity index (χ3n) is 5.34. The normalized spacial score (nSPS) is 12.4. The molecule has 0 saturated carbocycles. The smallest absolute Gasteiger partial charge is 0.221 e. The highest BCUT2D eigenvalue weighted by atomic mass is 16.5. The number of carbonyl (C=O) groups is 1. The summed E-state index contributed by atoms with van der Waals surface area (Å²) in [4.78, 5) is 15.7. The average Bonchev–Trinajstić information content (AvgIpc) is 3.27. The van der Waals surface area contributed by atoms with Crippen molar-refractivity contribution in [3.05, 3.63) is 54.4 Å². The molecule has 2 aromatic carbocycles. The van der Waals surface area contributed by atoms with Crippen molar-refractivity contribution in [3.63, 3.8) is 0 Å². The predicted molar refractivity (Wildman–Crippen MR) is 126 cm³/mol. The Kier molecular flexibility index (Phi) is 7.67. The van der Waals surface area contributed by atoms with E-state index in [2.05, 4.69) is 34.6 Å². The fraction of sp³-hybridized carbons (Fsp3) is 0.375. The molecule has 0 spiro atoms. The van der Waals surface area contributed by atoms with Crippen LogP contribution in [0.2, 0.25) is 0 Å². The van der Waals surface area contributed by atoms with Crippen LogP contribution in [0.4, 0.5) is 5.69 Å². The van der Waals surface area contributed by atoms with E-state index in [4.69, 9.17) is 4.74 Å². The number of aromatic nitrogens is 3. The summed E-state index contributed by atoms with van der Waals surface area (Å²) >= 11 is 0. The van der Waals surface area contributed by atoms with Crippen molar-refractivity contribution in [1.82, 2.24) is 20.1 Å². The van der Waals surface area contributed by atoms with E-state index in [1.54, 1.807) is 30.3 Å². The summed E-state index contributed by atoms with van der Waals surface area (Å²) in [7, 11) is 1.63. The lowest BCUT2D eigenvalue weighted by Crippen LogP contribution is -2.42. The predicted octanol–water partition coefficient (Wildman–Crippen LogP) is 3.11. The molecule has 3 aromatic rings. The minimum Gasteiger partial charge on any atom is -0.506 e. The molecule has 9 nitrogen and oxygen atoms in total. The Bertz CT molecular complexity index is 1080. The maximum absolute atomic E-state index is 11.3. The number of methoxy groups -OCH3 is 1. The first-order valence-electron chi connectivity index (χ1n) is 10.7. The number of aromatic hydroxyl groups is 1. The number of ether oxygens (including phenoxy) is 1. The summed E-state index contributed by atoms with van der Waals surface area (Å²) in [5.41, 5.74) is 1.52. The largest absolute Gasteiger partial charge is 0.506 e. The summed E-state index contributed by atoms with van der Waals surface area (Å²) in [6.07, 6.45) is 1.67. The molecule has 1 amide bonds. The maximum atomic E-state index is 11.3. The Morgan fingerprint density at radius 1 is 1.21 bits per heavy atom. The highest BCUT2D eigenvalue weighted by molar-refractivity contribution is 5.90. The van der Waals surface area contributed by atoms with E-state index in [0.29, 0.717) is 24.5 Å². The van der Waals surface area contributed by atoms with Crippen LogP contribution in [-0.2, 0) is 11.3 Å². The van der Waals surface area contributed by atoms with Crippen LogP contribution >= 0.6 is 0 Å². The molecule has 0 fully saturated rings. The molecule has 1 atom stereocenters. The number of anilines is 1. The van der Waals surface area contributed by atoms with Crippen molar-refractivity contribution in [2.75, 3.05) is 19.0 Å². The molecule has 9 heteroatoms. The van der Waals surface area contributed by atoms with Crippen molar-refractivity contribution in [1.29, 1.82) is 0 Å². The number of aryl methyl sites for hydroxylation is 1. The van der Waals surface area contributed by atoms with Gasteiger partial charge in [-0.2, -0.15) is 5.10 Å². The van der Waals surface area contributed by atoms with Crippen molar-refractivity contribution < 1.29 is 19.7 Å². The molecule has 0 bridgehead atoms. The molecule has 33 heavy (non-hydrogen) atoms. The minimum absolute atomic E-state index is 0.0451. The summed E-state index contributed by atoms with van der Waals surface area (Å²) < 4.78 is 6.99. The van der Waals surface area contributed by atoms with Crippen LogP contribution in [0.5, 0.6) is 11.5 Å². The van der Waals surface area contributed by atoms with Gasteiger partial charge in [0, 0.05) is 31.1 Å². The minimum atomic E-state index is -0.801. The molecular formula is C24H31N5O4. The number of aliphatic hydroxyl groups is 1. The number of nitrogens with zero attached hydrogens (tertiary/aromatic N) is 3. The van der Waals surface area contributed by atoms with E-state index in [-0.39, 0.29) is 22.9 Å². The van der Waals surface area contributed by atoms with Gasteiger partial charge in [0.05, 0.1) is 18.9 Å². The van der Waals surface area contributed by atoms with Gasteiger partial charge < -0.3 is 25.6 Å². The summed E-state index contributed by atoms with van der Waals surface area (Å²) in [6.45, 7) is 6.44. The van der Waals surface area contributed by atoms with Crippen LogP contribution in [0, 0.1) is 0 Å². The van der Waals surface area contributed by atoms with E-state index in [1.165, 1.54) is 13.0 Å². The standard InChI is InChI=1S/C24H31N5O4/c1-16(30)27-20-13-18(7-10-21(20)31)22(32)14-26-24(2,3)11-12-29-15-25-23(28-29)17-5-8-19(33-4)9-6-17/h5-10,13,15,22,26,31-32H,11-12,14H2,1-4H3,(H,27,30)/t22-/m0/s1. The number of β-amino-alcohol motifs (C(OH)–C–C–N with tert-alkyl or cyclic N) is 1. The van der Waals surface area contributed by atoms with Crippen LogP contribution in [-0.4, -0.2) is 50.1 Å². The number of phenolic OH excluding ortho intramolecular Hbond substituents is 1. The van der Waals surface area contributed by atoms with Gasteiger partial charge in [-0.3, -0.25) is 9.48 Å². The van der Waals surface area contributed by atoms with E-state index in [1.807, 2.05) is 24.3 Å². The Hall–Kier alpha value is -3.43. The van der Waals surface area contributed by atoms with Gasteiger partial charge in [-0.05, 0) is 62.2 Å². The number of carbonyl (C=O) groups excluding carboxylic acids is 1. The molecule has 4 N–H and O–H groups in total. The van der Waals surface area contributed by atoms with Crippen LogP contribution in [0.25, 0.3) is 11.4 Å². The number of hydrogen-bond acceptors (Lipinski definition) is 7. The van der Waals surface area contributed by atoms with Gasteiger partial charge in [-0.1, -0.05) is 6.07 Å². The molecule has 176 valence electrons. The van der Waals surface area contributed by atoms with Gasteiger partial charge in [-0.15, -0.1) is 0 Å². The first-order valence-corrected chi connectivity index (χ1v) is 10.7. The zero-order chi connectivity index (χ0) is 24.0. The number of phenols is 1. The quantitative estimate of drug-likeness (QED) is 0.348. The summed E-state index contributed by atoms with van der Waals surface area (Å²) in [5, 5.41) is 30.9. The molecule has 0 aliphatic heterocycles. The van der Waals surface area contributed by atoms with Crippen LogP contribution in [0.15, 0.2) is 48.8 Å². The van der Waals surface area contributed by atoms with Gasteiger partial charge >= 0.3 is 0 Å². The topological polar surface area (TPSA) is 122 Å². The highest BCUT2D eigenvalue weighted by Crippen LogP contribution is 2.27. The van der Waals surface area contributed by atoms with Crippen molar-refractivity contribution in [2.24, 2.45) is 0 Å². The number of hydrogen-bond donors (Lipinski definition) is 4. The Labute approximate surface area is 193 Å². The Morgan fingerprint density at radius 3 is 2.61 bits per heavy atom. The van der Waals surface area contributed by atoms with Crippen molar-refractivity contribution >= 4 is 11.6 Å². The fourth-order valence-electron chi connectivity index (χ4n) is 3.30. The van der Waals surface area contributed by atoms with Gasteiger partial charge in [0.1, 0.15) is 17.8 Å². The number of amides is 1. The zero-order valence-electron chi connectivity index (χ0n) is 19.4. The van der Waals surface area contributed by atoms with E-state index < -0.39 is 6.10 Å². The molecule has 0 radical (unpaired) electrons. The van der Waals surface area contributed by atoms with Crippen LogP contribution < -0.4 is 15.4 Å². The molecule has 0 aliphatic rings. The summed E-state index contributed by atoms with van der Waals surface area (Å²) in [5.74, 6) is 1.10. The van der Waals surface area contributed by atoms with E-state index >= 15 is 0 Å².